The van der Waals surface area contributed by atoms with E-state index in [9.17, 15) is 4.79 Å². The van der Waals surface area contributed by atoms with Gasteiger partial charge in [0.15, 0.2) is 0 Å². The first-order valence-electron chi connectivity index (χ1n) is 3.94. The Kier molecular flexibility index (Phi) is 3.40. The molecular formula is C9H12N2O2. The van der Waals surface area contributed by atoms with Crippen molar-refractivity contribution in [3.8, 4) is 0 Å². The average molecular weight is 180 g/mol. The molecule has 0 aromatic carbocycles. The van der Waals surface area contributed by atoms with E-state index in [-0.39, 0.29) is 5.97 Å². The molecule has 4 nitrogen and oxygen atoms in total. The van der Waals surface area contributed by atoms with Crippen molar-refractivity contribution >= 4 is 5.97 Å². The molecule has 4 heteroatoms. The van der Waals surface area contributed by atoms with Crippen molar-refractivity contribution in [3.63, 3.8) is 0 Å². The zero-order valence-electron chi connectivity index (χ0n) is 7.65. The van der Waals surface area contributed by atoms with Gasteiger partial charge in [0.2, 0.25) is 0 Å². The second kappa shape index (κ2) is 4.57. The highest BCUT2D eigenvalue weighted by molar-refractivity contribution is 5.77. The molecule has 1 N–H and O–H groups in total. The predicted molar refractivity (Wildman–Crippen MR) is 48.1 cm³/mol. The minimum absolute atomic E-state index is 0.297. The lowest BCUT2D eigenvalue weighted by Gasteiger charge is -2.12. The molecule has 0 aliphatic heterocycles. The van der Waals surface area contributed by atoms with Crippen molar-refractivity contribution in [2.75, 3.05) is 14.2 Å². The summed E-state index contributed by atoms with van der Waals surface area (Å²) in [6, 6.07) is 3.14. The summed E-state index contributed by atoms with van der Waals surface area (Å²) in [5.74, 6) is -0.297. The van der Waals surface area contributed by atoms with Crippen LogP contribution in [0.2, 0.25) is 0 Å². The van der Waals surface area contributed by atoms with Crippen LogP contribution in [-0.2, 0) is 9.53 Å². The van der Waals surface area contributed by atoms with Crippen molar-refractivity contribution in [3.05, 3.63) is 30.1 Å². The molecule has 0 radical (unpaired) electrons. The second-order valence-electron chi connectivity index (χ2n) is 2.53. The third-order valence-electron chi connectivity index (χ3n) is 1.76. The number of hydrogen-bond donors (Lipinski definition) is 1. The van der Waals surface area contributed by atoms with Crippen LogP contribution in [-0.4, -0.2) is 25.1 Å². The van der Waals surface area contributed by atoms with Gasteiger partial charge in [0.1, 0.15) is 6.04 Å². The molecule has 0 aliphatic carbocycles. The van der Waals surface area contributed by atoms with Crippen LogP contribution in [0.3, 0.4) is 0 Å². The highest BCUT2D eigenvalue weighted by atomic mass is 16.5. The predicted octanol–water partition coefficient (Wildman–Crippen LogP) is 0.515. The number of carbonyl (C=O) groups is 1. The van der Waals surface area contributed by atoms with Crippen LogP contribution >= 0.6 is 0 Å². The van der Waals surface area contributed by atoms with Crippen LogP contribution in [0.15, 0.2) is 24.5 Å². The number of methoxy groups -OCH3 is 1. The molecule has 1 heterocycles. The number of pyridine rings is 1. The first-order chi connectivity index (χ1) is 6.29. The Bertz CT molecular complexity index is 274. The van der Waals surface area contributed by atoms with Gasteiger partial charge in [-0.05, 0) is 24.7 Å². The van der Waals surface area contributed by atoms with E-state index in [2.05, 4.69) is 15.0 Å². The largest absolute Gasteiger partial charge is 0.468 e. The lowest BCUT2D eigenvalue weighted by atomic mass is 10.1. The highest BCUT2D eigenvalue weighted by Crippen LogP contribution is 2.11. The SMILES string of the molecule is CNC(C(=O)OC)c1ccncc1. The smallest absolute Gasteiger partial charge is 0.327 e. The first-order valence-corrected chi connectivity index (χ1v) is 3.94. The molecule has 1 atom stereocenters. The number of carbonyl (C=O) groups excluding carboxylic acids is 1. The van der Waals surface area contributed by atoms with Crippen LogP contribution < -0.4 is 5.32 Å². The molecule has 0 aliphatic rings. The molecule has 0 spiro atoms. The number of esters is 1. The Morgan fingerprint density at radius 1 is 1.54 bits per heavy atom. The lowest BCUT2D eigenvalue weighted by molar-refractivity contribution is -0.143. The van der Waals surface area contributed by atoms with Gasteiger partial charge >= 0.3 is 5.97 Å². The Morgan fingerprint density at radius 3 is 2.62 bits per heavy atom. The van der Waals surface area contributed by atoms with Gasteiger partial charge in [-0.25, -0.2) is 4.79 Å². The van der Waals surface area contributed by atoms with Gasteiger partial charge in [-0.2, -0.15) is 0 Å². The fourth-order valence-electron chi connectivity index (χ4n) is 1.09. The lowest BCUT2D eigenvalue weighted by Crippen LogP contribution is -2.26. The topological polar surface area (TPSA) is 51.2 Å². The number of nitrogens with one attached hydrogen (secondary N) is 1. The van der Waals surface area contributed by atoms with E-state index >= 15 is 0 Å². The fraction of sp³-hybridized carbons (Fsp3) is 0.333. The summed E-state index contributed by atoms with van der Waals surface area (Å²) in [7, 11) is 3.08. The summed E-state index contributed by atoms with van der Waals surface area (Å²) in [5, 5.41) is 2.87. The Balaban J connectivity index is 2.85. The van der Waals surface area contributed by atoms with Crippen molar-refractivity contribution in [1.29, 1.82) is 0 Å². The van der Waals surface area contributed by atoms with E-state index < -0.39 is 6.04 Å². The van der Waals surface area contributed by atoms with Gasteiger partial charge in [0, 0.05) is 12.4 Å². The maximum atomic E-state index is 11.2. The molecule has 1 aromatic rings. The fourth-order valence-corrected chi connectivity index (χ4v) is 1.09. The highest BCUT2D eigenvalue weighted by Gasteiger charge is 2.18. The van der Waals surface area contributed by atoms with Gasteiger partial charge in [0.05, 0.1) is 7.11 Å². The van der Waals surface area contributed by atoms with Gasteiger partial charge in [-0.1, -0.05) is 0 Å². The number of rotatable bonds is 3. The summed E-state index contributed by atoms with van der Waals surface area (Å²) in [5.41, 5.74) is 0.851. The van der Waals surface area contributed by atoms with E-state index in [0.717, 1.165) is 5.56 Å². The zero-order valence-corrected chi connectivity index (χ0v) is 7.65. The van der Waals surface area contributed by atoms with Crippen LogP contribution in [0.5, 0.6) is 0 Å². The zero-order chi connectivity index (χ0) is 9.68. The molecule has 0 amide bonds. The van der Waals surface area contributed by atoms with Gasteiger partial charge in [-0.15, -0.1) is 0 Å². The van der Waals surface area contributed by atoms with Crippen molar-refractivity contribution in [2.24, 2.45) is 0 Å². The summed E-state index contributed by atoms with van der Waals surface area (Å²) in [4.78, 5) is 15.1. The summed E-state index contributed by atoms with van der Waals surface area (Å²) >= 11 is 0. The quantitative estimate of drug-likeness (QED) is 0.689. The number of hydrogen-bond acceptors (Lipinski definition) is 4. The van der Waals surface area contributed by atoms with Crippen molar-refractivity contribution in [2.45, 2.75) is 6.04 Å². The number of aromatic nitrogens is 1. The normalized spacial score (nSPS) is 12.2. The maximum absolute atomic E-state index is 11.2. The average Bonchev–Trinajstić information content (AvgIpc) is 2.20. The number of likely N-dealkylation sites (N-methyl/N-ethyl adjacent to an activating group) is 1. The van der Waals surface area contributed by atoms with Gasteiger partial charge < -0.3 is 10.1 Å². The van der Waals surface area contributed by atoms with E-state index in [0.29, 0.717) is 0 Å². The van der Waals surface area contributed by atoms with E-state index in [1.165, 1.54) is 7.11 Å². The third-order valence-corrected chi connectivity index (χ3v) is 1.76. The van der Waals surface area contributed by atoms with E-state index in [4.69, 9.17) is 0 Å². The summed E-state index contributed by atoms with van der Waals surface area (Å²) in [6.45, 7) is 0. The Morgan fingerprint density at radius 2 is 2.15 bits per heavy atom. The molecule has 0 saturated carbocycles. The molecule has 70 valence electrons. The number of nitrogens with zero attached hydrogens (tertiary/aromatic N) is 1. The standard InChI is InChI=1S/C9H12N2O2/c1-10-8(9(12)13-2)7-3-5-11-6-4-7/h3-6,8,10H,1-2H3. The van der Waals surface area contributed by atoms with Crippen molar-refractivity contribution in [1.82, 2.24) is 10.3 Å². The minimum atomic E-state index is -0.409. The number of ether oxygens (including phenoxy) is 1. The molecule has 0 saturated heterocycles. The molecule has 1 rings (SSSR count). The molecule has 1 unspecified atom stereocenters. The van der Waals surface area contributed by atoms with Crippen LogP contribution in [0.25, 0.3) is 0 Å². The van der Waals surface area contributed by atoms with Gasteiger partial charge in [-0.3, -0.25) is 4.98 Å². The second-order valence-corrected chi connectivity index (χ2v) is 2.53. The summed E-state index contributed by atoms with van der Waals surface area (Å²) < 4.78 is 4.64. The van der Waals surface area contributed by atoms with Crippen LogP contribution in [0, 0.1) is 0 Å². The first kappa shape index (κ1) is 9.67. The third kappa shape index (κ3) is 2.26. The molecule has 13 heavy (non-hydrogen) atoms. The Hall–Kier alpha value is -1.42. The van der Waals surface area contributed by atoms with Crippen molar-refractivity contribution < 1.29 is 9.53 Å². The minimum Gasteiger partial charge on any atom is -0.468 e. The molecule has 1 aromatic heterocycles. The van der Waals surface area contributed by atoms with Gasteiger partial charge in [0.25, 0.3) is 0 Å². The van der Waals surface area contributed by atoms with E-state index in [1.807, 2.05) is 0 Å². The van der Waals surface area contributed by atoms with Crippen LogP contribution in [0.1, 0.15) is 11.6 Å². The molecule has 0 bridgehead atoms. The van der Waals surface area contributed by atoms with Crippen LogP contribution in [0.4, 0.5) is 0 Å². The summed E-state index contributed by atoms with van der Waals surface area (Å²) in [6.07, 6.45) is 3.28. The Labute approximate surface area is 76.9 Å². The maximum Gasteiger partial charge on any atom is 0.327 e. The van der Waals surface area contributed by atoms with E-state index in [1.54, 1.807) is 31.6 Å². The molecular weight excluding hydrogens is 168 g/mol. The molecule has 0 fully saturated rings. The monoisotopic (exact) mass is 180 g/mol.